The number of halogens is 2. The van der Waals surface area contributed by atoms with Crippen LogP contribution in [-0.2, 0) is 19.2 Å². The second-order valence-electron chi connectivity index (χ2n) is 4.88. The average Bonchev–Trinajstić information content (AvgIpc) is 2.96. The van der Waals surface area contributed by atoms with Crippen molar-refractivity contribution in [3.8, 4) is 0 Å². The molecule has 0 saturated carbocycles. The summed E-state index contributed by atoms with van der Waals surface area (Å²) < 4.78 is 29.7. The molecule has 1 aromatic heterocycles. The Morgan fingerprint density at radius 3 is 2.46 bits per heavy atom. The van der Waals surface area contributed by atoms with Crippen LogP contribution in [0.1, 0.15) is 18.1 Å². The molecule has 0 saturated heterocycles. The van der Waals surface area contributed by atoms with E-state index >= 15 is 0 Å². The predicted molar refractivity (Wildman–Crippen MR) is 95.0 cm³/mol. The fourth-order valence-electron chi connectivity index (χ4n) is 1.86. The fourth-order valence-corrected chi connectivity index (χ4v) is 4.24. The van der Waals surface area contributed by atoms with Crippen molar-refractivity contribution in [3.63, 3.8) is 0 Å². The van der Waals surface area contributed by atoms with Crippen molar-refractivity contribution in [2.75, 3.05) is 5.75 Å². The van der Waals surface area contributed by atoms with Crippen molar-refractivity contribution in [2.45, 2.75) is 28.2 Å². The standard InChI is InChI=1S/C15H15Cl2NO4S2/c1-3-23-13-12(8-9-22-13)15(16,17)14(19)18-24(20,21)11-6-4-10(2)5-7-11/h4-9H,3H2,1-2H3,(H,18,19). The molecule has 0 aliphatic rings. The predicted octanol–water partition coefficient (Wildman–Crippen LogP) is 3.84. The van der Waals surface area contributed by atoms with Crippen LogP contribution in [0.15, 0.2) is 51.0 Å². The molecular formula is C15H15Cl2NO4S2. The van der Waals surface area contributed by atoms with Crippen LogP contribution in [0, 0.1) is 6.92 Å². The van der Waals surface area contributed by atoms with E-state index in [1.807, 2.05) is 18.6 Å². The first-order valence-corrected chi connectivity index (χ1v) is 10.1. The molecule has 5 nitrogen and oxygen atoms in total. The maximum atomic E-state index is 12.4. The van der Waals surface area contributed by atoms with Gasteiger partial charge in [0.1, 0.15) is 0 Å². The number of hydrogen-bond acceptors (Lipinski definition) is 5. The molecule has 130 valence electrons. The molecule has 0 bridgehead atoms. The summed E-state index contributed by atoms with van der Waals surface area (Å²) >= 11 is 13.6. The lowest BCUT2D eigenvalue weighted by Crippen LogP contribution is -2.40. The van der Waals surface area contributed by atoms with Crippen molar-refractivity contribution in [1.29, 1.82) is 0 Å². The minimum absolute atomic E-state index is 0.0547. The zero-order valence-electron chi connectivity index (χ0n) is 12.9. The van der Waals surface area contributed by atoms with E-state index in [9.17, 15) is 13.2 Å². The highest BCUT2D eigenvalue weighted by molar-refractivity contribution is 7.99. The van der Waals surface area contributed by atoms with E-state index < -0.39 is 20.3 Å². The van der Waals surface area contributed by atoms with Gasteiger partial charge >= 0.3 is 0 Å². The normalized spacial score (nSPS) is 12.2. The van der Waals surface area contributed by atoms with Crippen LogP contribution >= 0.6 is 35.0 Å². The fraction of sp³-hybridized carbons (Fsp3) is 0.267. The van der Waals surface area contributed by atoms with Gasteiger partial charge in [-0.15, -0.1) is 0 Å². The lowest BCUT2D eigenvalue weighted by Gasteiger charge is -2.18. The van der Waals surface area contributed by atoms with Crippen LogP contribution < -0.4 is 4.72 Å². The molecule has 0 spiro atoms. The molecule has 0 aliphatic heterocycles. The maximum absolute atomic E-state index is 12.4. The smallest absolute Gasteiger partial charge is 0.274 e. The van der Waals surface area contributed by atoms with Crippen LogP contribution in [-0.4, -0.2) is 20.1 Å². The highest BCUT2D eigenvalue weighted by Crippen LogP contribution is 2.40. The van der Waals surface area contributed by atoms with Crippen molar-refractivity contribution in [1.82, 2.24) is 4.72 Å². The first-order valence-electron chi connectivity index (χ1n) is 6.91. The molecule has 0 unspecified atom stereocenters. The molecule has 1 aromatic carbocycles. The number of rotatable bonds is 6. The Labute approximate surface area is 154 Å². The van der Waals surface area contributed by atoms with Crippen molar-refractivity contribution in [2.24, 2.45) is 0 Å². The average molecular weight is 408 g/mol. The monoisotopic (exact) mass is 407 g/mol. The van der Waals surface area contributed by atoms with Crippen molar-refractivity contribution in [3.05, 3.63) is 47.7 Å². The zero-order chi connectivity index (χ0) is 18.0. The van der Waals surface area contributed by atoms with Crippen LogP contribution in [0.5, 0.6) is 0 Å². The second kappa shape index (κ2) is 7.39. The molecule has 0 radical (unpaired) electrons. The van der Waals surface area contributed by atoms with E-state index in [0.717, 1.165) is 5.56 Å². The third-order valence-electron chi connectivity index (χ3n) is 3.09. The van der Waals surface area contributed by atoms with Gasteiger partial charge in [0.25, 0.3) is 15.9 Å². The Morgan fingerprint density at radius 1 is 1.25 bits per heavy atom. The SMILES string of the molecule is CCSc1occc1C(Cl)(Cl)C(=O)NS(=O)(=O)c1ccc(C)cc1. The number of furan rings is 1. The molecule has 2 rings (SSSR count). The van der Waals surface area contributed by atoms with Gasteiger partial charge in [-0.2, -0.15) is 0 Å². The second-order valence-corrected chi connectivity index (χ2v) is 9.12. The van der Waals surface area contributed by atoms with E-state index in [1.54, 1.807) is 12.1 Å². The number of sulfonamides is 1. The van der Waals surface area contributed by atoms with E-state index in [2.05, 4.69) is 0 Å². The lowest BCUT2D eigenvalue weighted by molar-refractivity contribution is -0.120. The molecule has 1 heterocycles. The van der Waals surface area contributed by atoms with E-state index in [4.69, 9.17) is 27.6 Å². The summed E-state index contributed by atoms with van der Waals surface area (Å²) in [7, 11) is -4.08. The zero-order valence-corrected chi connectivity index (χ0v) is 16.0. The lowest BCUT2D eigenvalue weighted by atomic mass is 10.2. The summed E-state index contributed by atoms with van der Waals surface area (Å²) in [6.45, 7) is 3.71. The summed E-state index contributed by atoms with van der Waals surface area (Å²) in [4.78, 5) is 12.3. The number of thioether (sulfide) groups is 1. The number of carbonyl (C=O) groups is 1. The number of amides is 1. The molecule has 9 heteroatoms. The van der Waals surface area contributed by atoms with Crippen molar-refractivity contribution < 1.29 is 17.6 Å². The first-order chi connectivity index (χ1) is 11.2. The number of nitrogens with one attached hydrogen (secondary N) is 1. The summed E-state index contributed by atoms with van der Waals surface area (Å²) in [6.07, 6.45) is 1.34. The highest BCUT2D eigenvalue weighted by atomic mass is 35.5. The topological polar surface area (TPSA) is 76.4 Å². The first kappa shape index (κ1) is 19.2. The molecule has 0 atom stereocenters. The molecule has 24 heavy (non-hydrogen) atoms. The Morgan fingerprint density at radius 2 is 1.88 bits per heavy atom. The van der Waals surface area contributed by atoms with Gasteiger partial charge in [-0.25, -0.2) is 13.1 Å². The summed E-state index contributed by atoms with van der Waals surface area (Å²) in [5.74, 6) is -0.390. The van der Waals surface area contributed by atoms with Gasteiger partial charge in [0, 0.05) is 5.56 Å². The summed E-state index contributed by atoms with van der Waals surface area (Å²) in [5.41, 5.74) is 1.10. The molecular weight excluding hydrogens is 393 g/mol. The van der Waals surface area contributed by atoms with Gasteiger partial charge in [-0.05, 0) is 30.9 Å². The summed E-state index contributed by atoms with van der Waals surface area (Å²) in [5, 5.41) is 0.366. The minimum Gasteiger partial charge on any atom is -0.458 e. The minimum atomic E-state index is -4.08. The van der Waals surface area contributed by atoms with Gasteiger partial charge in [0.2, 0.25) is 4.33 Å². The molecule has 0 fully saturated rings. The Bertz CT molecular complexity index is 829. The van der Waals surface area contributed by atoms with Crippen molar-refractivity contribution >= 4 is 50.9 Å². The third kappa shape index (κ3) is 4.08. The van der Waals surface area contributed by atoms with E-state index in [-0.39, 0.29) is 10.5 Å². The van der Waals surface area contributed by atoms with E-state index in [1.165, 1.54) is 36.2 Å². The molecule has 2 aromatic rings. The Balaban J connectivity index is 2.27. The van der Waals surface area contributed by atoms with Gasteiger partial charge < -0.3 is 4.42 Å². The van der Waals surface area contributed by atoms with Gasteiger partial charge in [0.15, 0.2) is 5.09 Å². The Kier molecular flexibility index (Phi) is 5.91. The van der Waals surface area contributed by atoms with Gasteiger partial charge in [0.05, 0.1) is 11.2 Å². The van der Waals surface area contributed by atoms with Gasteiger partial charge in [-0.3, -0.25) is 4.79 Å². The largest absolute Gasteiger partial charge is 0.458 e. The number of benzene rings is 1. The van der Waals surface area contributed by atoms with E-state index in [0.29, 0.717) is 10.8 Å². The number of hydrogen-bond donors (Lipinski definition) is 1. The molecule has 1 amide bonds. The maximum Gasteiger partial charge on any atom is 0.274 e. The molecule has 1 N–H and O–H groups in total. The number of aryl methyl sites for hydroxylation is 1. The van der Waals surface area contributed by atoms with Crippen LogP contribution in [0.25, 0.3) is 0 Å². The van der Waals surface area contributed by atoms with Crippen LogP contribution in [0.4, 0.5) is 0 Å². The quantitative estimate of drug-likeness (QED) is 0.581. The van der Waals surface area contributed by atoms with Gasteiger partial charge in [-0.1, -0.05) is 59.6 Å². The summed E-state index contributed by atoms with van der Waals surface area (Å²) in [6, 6.07) is 7.48. The highest BCUT2D eigenvalue weighted by Gasteiger charge is 2.41. The number of alkyl halides is 2. The van der Waals surface area contributed by atoms with Crippen LogP contribution in [0.2, 0.25) is 0 Å². The number of carbonyl (C=O) groups excluding carboxylic acids is 1. The third-order valence-corrected chi connectivity index (χ3v) is 6.05. The molecule has 0 aliphatic carbocycles. The Hall–Kier alpha value is -1.15. The van der Waals surface area contributed by atoms with Crippen LogP contribution in [0.3, 0.4) is 0 Å².